The molecule has 0 saturated carbocycles. The van der Waals surface area contributed by atoms with E-state index in [4.69, 9.17) is 0 Å². The lowest BCUT2D eigenvalue weighted by Crippen LogP contribution is -1.79. The molecule has 0 aliphatic carbocycles. The van der Waals surface area contributed by atoms with E-state index in [1.54, 1.807) is 5.75 Å². The fourth-order valence-electron chi connectivity index (χ4n) is 1.01. The molecule has 0 bridgehead atoms. The maximum Gasteiger partial charge on any atom is -0.00427 e. The van der Waals surface area contributed by atoms with Crippen LogP contribution in [0.5, 0.6) is 0 Å². The summed E-state index contributed by atoms with van der Waals surface area (Å²) in [6.45, 7) is 2.30. The van der Waals surface area contributed by atoms with Gasteiger partial charge in [0.2, 0.25) is 0 Å². The summed E-state index contributed by atoms with van der Waals surface area (Å²) in [5.41, 5.74) is 0. The minimum Gasteiger partial charge on any atom is -0.242 e. The lowest BCUT2D eigenvalue weighted by Gasteiger charge is -2.03. The lowest BCUT2D eigenvalue weighted by molar-refractivity contribution is 0.979. The Morgan fingerprint density at radius 2 is 2.00 bits per heavy atom. The fraction of sp³-hybridized carbons (Fsp3) is 1.00. The average molecular weight is 118 g/mol. The highest BCUT2D eigenvalue weighted by Gasteiger charge is 2.38. The third kappa shape index (κ3) is 0.933. The Balaban J connectivity index is 2.30. The van der Waals surface area contributed by atoms with E-state index >= 15 is 0 Å². The van der Waals surface area contributed by atoms with Gasteiger partial charge < -0.3 is 0 Å². The molecule has 1 heteroatoms. The predicted octanol–water partition coefficient (Wildman–Crippen LogP) is 1.84. The molecular formula is C6H14S. The zero-order chi connectivity index (χ0) is 5.49. The van der Waals surface area contributed by atoms with Crippen LogP contribution in [-0.4, -0.2) is 23.5 Å². The van der Waals surface area contributed by atoms with Crippen LogP contribution in [0.25, 0.3) is 0 Å². The van der Waals surface area contributed by atoms with Gasteiger partial charge in [-0.2, -0.15) is 0 Å². The minimum absolute atomic E-state index is 0.00752. The Morgan fingerprint density at radius 1 is 1.57 bits per heavy atom. The topological polar surface area (TPSA) is 0 Å². The molecule has 0 aromatic rings. The van der Waals surface area contributed by atoms with Gasteiger partial charge in [-0.05, 0) is 29.9 Å². The quantitative estimate of drug-likeness (QED) is 0.461. The molecule has 44 valence electrons. The van der Waals surface area contributed by atoms with Crippen molar-refractivity contribution < 1.29 is 0 Å². The van der Waals surface area contributed by atoms with Crippen molar-refractivity contribution in [2.75, 3.05) is 18.3 Å². The summed E-state index contributed by atoms with van der Waals surface area (Å²) in [4.78, 5) is 0. The van der Waals surface area contributed by atoms with Crippen molar-refractivity contribution >= 4 is 10.0 Å². The molecule has 1 fully saturated rings. The zero-order valence-corrected chi connectivity index (χ0v) is 6.22. The molecule has 0 amide bonds. The van der Waals surface area contributed by atoms with Crippen LogP contribution in [0.4, 0.5) is 0 Å². The van der Waals surface area contributed by atoms with Gasteiger partial charge in [0.05, 0.1) is 0 Å². The summed E-state index contributed by atoms with van der Waals surface area (Å²) in [6, 6.07) is 0. The van der Waals surface area contributed by atoms with Crippen molar-refractivity contribution in [1.29, 1.82) is 0 Å². The van der Waals surface area contributed by atoms with Crippen molar-refractivity contribution in [3.8, 4) is 0 Å². The number of rotatable bonds is 1. The summed E-state index contributed by atoms with van der Waals surface area (Å²) in [5, 5.41) is 1.13. The standard InChI is InChI=1S/C6H14S/c1-4-6-5-7(6,2)3/h6H,4-5H2,1-3H3. The molecule has 1 unspecified atom stereocenters. The van der Waals surface area contributed by atoms with Gasteiger partial charge >= 0.3 is 0 Å². The normalized spacial score (nSPS) is 40.1. The predicted molar refractivity (Wildman–Crippen MR) is 38.4 cm³/mol. The largest absolute Gasteiger partial charge is 0.242 e. The third-order valence-electron chi connectivity index (χ3n) is 1.86. The molecule has 1 heterocycles. The van der Waals surface area contributed by atoms with E-state index in [0.717, 1.165) is 5.25 Å². The first kappa shape index (κ1) is 5.49. The van der Waals surface area contributed by atoms with Gasteiger partial charge in [0.1, 0.15) is 0 Å². The Labute approximate surface area is 47.6 Å². The van der Waals surface area contributed by atoms with E-state index in [-0.39, 0.29) is 10.0 Å². The summed E-state index contributed by atoms with van der Waals surface area (Å²) < 4.78 is 0. The molecule has 0 spiro atoms. The Morgan fingerprint density at radius 3 is 2.00 bits per heavy atom. The van der Waals surface area contributed by atoms with Gasteiger partial charge in [-0.1, -0.05) is 6.92 Å². The maximum atomic E-state index is 2.43. The molecule has 0 nitrogen and oxygen atoms in total. The van der Waals surface area contributed by atoms with Crippen LogP contribution in [0.2, 0.25) is 0 Å². The summed E-state index contributed by atoms with van der Waals surface area (Å²) >= 11 is 0. The van der Waals surface area contributed by atoms with Gasteiger partial charge in [-0.25, -0.2) is 10.0 Å². The summed E-state index contributed by atoms with van der Waals surface area (Å²) in [5.74, 6) is 1.55. The summed E-state index contributed by atoms with van der Waals surface area (Å²) in [6.07, 6.45) is 6.28. The Hall–Kier alpha value is 0.350. The first-order chi connectivity index (χ1) is 3.17. The van der Waals surface area contributed by atoms with Gasteiger partial charge in [0.15, 0.2) is 0 Å². The maximum absolute atomic E-state index is 2.43. The number of hydrogen-bond acceptors (Lipinski definition) is 0. The van der Waals surface area contributed by atoms with Crippen molar-refractivity contribution in [2.24, 2.45) is 0 Å². The molecule has 1 aliphatic heterocycles. The molecular weight excluding hydrogens is 104 g/mol. The molecule has 1 atom stereocenters. The second-order valence-corrected chi connectivity index (χ2v) is 7.07. The minimum atomic E-state index is -0.00752. The molecule has 0 aromatic heterocycles. The lowest BCUT2D eigenvalue weighted by atomic mass is 10.4. The van der Waals surface area contributed by atoms with Crippen LogP contribution < -0.4 is 0 Å². The Bertz CT molecular complexity index is 76.2. The van der Waals surface area contributed by atoms with Crippen LogP contribution >= 0.6 is 10.0 Å². The SMILES string of the molecule is CCC1CS1(C)C. The fourth-order valence-corrected chi connectivity index (χ4v) is 3.84. The van der Waals surface area contributed by atoms with Gasteiger partial charge in [0, 0.05) is 0 Å². The van der Waals surface area contributed by atoms with E-state index < -0.39 is 0 Å². The van der Waals surface area contributed by atoms with Gasteiger partial charge in [0.25, 0.3) is 0 Å². The second kappa shape index (κ2) is 1.41. The van der Waals surface area contributed by atoms with Crippen LogP contribution in [-0.2, 0) is 0 Å². The smallest absolute Gasteiger partial charge is 0.00427 e. The van der Waals surface area contributed by atoms with Crippen LogP contribution in [0.1, 0.15) is 13.3 Å². The highest BCUT2D eigenvalue weighted by molar-refractivity contribution is 8.39. The highest BCUT2D eigenvalue weighted by atomic mass is 32.3. The van der Waals surface area contributed by atoms with E-state index in [2.05, 4.69) is 19.4 Å². The number of hydrogen-bond donors (Lipinski definition) is 0. The highest BCUT2D eigenvalue weighted by Crippen LogP contribution is 2.63. The van der Waals surface area contributed by atoms with Crippen molar-refractivity contribution in [3.05, 3.63) is 0 Å². The molecule has 7 heavy (non-hydrogen) atoms. The van der Waals surface area contributed by atoms with Crippen molar-refractivity contribution in [3.63, 3.8) is 0 Å². The van der Waals surface area contributed by atoms with Crippen LogP contribution in [0.3, 0.4) is 0 Å². The van der Waals surface area contributed by atoms with E-state index in [1.165, 1.54) is 6.42 Å². The molecule has 0 aromatic carbocycles. The third-order valence-corrected chi connectivity index (χ3v) is 5.00. The van der Waals surface area contributed by atoms with Crippen molar-refractivity contribution in [1.82, 2.24) is 0 Å². The van der Waals surface area contributed by atoms with Gasteiger partial charge in [-0.15, -0.1) is 0 Å². The zero-order valence-electron chi connectivity index (χ0n) is 5.40. The van der Waals surface area contributed by atoms with E-state index in [1.807, 2.05) is 0 Å². The van der Waals surface area contributed by atoms with E-state index in [0.29, 0.717) is 0 Å². The van der Waals surface area contributed by atoms with Gasteiger partial charge in [-0.3, -0.25) is 0 Å². The monoisotopic (exact) mass is 118 g/mol. The second-order valence-electron chi connectivity index (χ2n) is 2.82. The average Bonchev–Trinajstić information content (AvgIpc) is 2.13. The molecule has 0 N–H and O–H groups in total. The first-order valence-corrected chi connectivity index (χ1v) is 5.55. The molecule has 1 aliphatic rings. The molecule has 1 rings (SSSR count). The molecule has 1 saturated heterocycles. The van der Waals surface area contributed by atoms with Crippen molar-refractivity contribution in [2.45, 2.75) is 18.6 Å². The van der Waals surface area contributed by atoms with Crippen LogP contribution in [0.15, 0.2) is 0 Å². The molecule has 0 radical (unpaired) electrons. The Kier molecular flexibility index (Phi) is 1.11. The summed E-state index contributed by atoms with van der Waals surface area (Å²) in [7, 11) is -0.00752. The first-order valence-electron chi connectivity index (χ1n) is 2.86. The van der Waals surface area contributed by atoms with Crippen LogP contribution in [0, 0.1) is 0 Å². The van der Waals surface area contributed by atoms with E-state index in [9.17, 15) is 0 Å².